The van der Waals surface area contributed by atoms with Crippen LogP contribution in [0, 0.1) is 11.6 Å². The molecule has 0 bridgehead atoms. The van der Waals surface area contributed by atoms with Crippen molar-refractivity contribution >= 4 is 0 Å². The summed E-state index contributed by atoms with van der Waals surface area (Å²) in [5.41, 5.74) is 0. The minimum Gasteiger partial charge on any atom is -0.485 e. The lowest BCUT2D eigenvalue weighted by Gasteiger charge is -2.05. The van der Waals surface area contributed by atoms with Gasteiger partial charge in [-0.2, -0.15) is 0 Å². The normalized spacial score (nSPS) is 20.0. The highest BCUT2D eigenvalue weighted by Crippen LogP contribution is 2.22. The summed E-state index contributed by atoms with van der Waals surface area (Å²) in [6, 6.07) is 3.61. The SMILES string of the molecule is Fc1cccc(F)c1OC[C@H]1CO1. The molecule has 1 fully saturated rings. The average Bonchev–Trinajstić information content (AvgIpc) is 2.87. The third-order valence-corrected chi connectivity index (χ3v) is 1.73. The highest BCUT2D eigenvalue weighted by molar-refractivity contribution is 5.26. The van der Waals surface area contributed by atoms with Crippen LogP contribution in [-0.2, 0) is 4.74 Å². The highest BCUT2D eigenvalue weighted by Gasteiger charge is 2.24. The zero-order valence-corrected chi connectivity index (χ0v) is 6.80. The summed E-state index contributed by atoms with van der Waals surface area (Å²) >= 11 is 0. The molecule has 0 aromatic heterocycles. The van der Waals surface area contributed by atoms with Crippen molar-refractivity contribution in [2.24, 2.45) is 0 Å². The minimum absolute atomic E-state index is 0.000920. The van der Waals surface area contributed by atoms with Gasteiger partial charge in [-0.15, -0.1) is 0 Å². The van der Waals surface area contributed by atoms with Gasteiger partial charge in [0, 0.05) is 0 Å². The summed E-state index contributed by atoms with van der Waals surface area (Å²) in [4.78, 5) is 0. The Hall–Kier alpha value is -1.16. The Labute approximate surface area is 74.1 Å². The number of hydrogen-bond donors (Lipinski definition) is 0. The molecular formula is C9H8F2O2. The number of para-hydroxylation sites is 1. The van der Waals surface area contributed by atoms with Crippen LogP contribution in [0.25, 0.3) is 0 Å². The van der Waals surface area contributed by atoms with Crippen molar-refractivity contribution in [3.8, 4) is 5.75 Å². The third kappa shape index (κ3) is 1.95. The first-order valence-corrected chi connectivity index (χ1v) is 3.96. The van der Waals surface area contributed by atoms with Crippen LogP contribution in [0.4, 0.5) is 8.78 Å². The van der Waals surface area contributed by atoms with Gasteiger partial charge in [-0.3, -0.25) is 0 Å². The maximum atomic E-state index is 12.9. The molecule has 1 saturated heterocycles. The van der Waals surface area contributed by atoms with Crippen molar-refractivity contribution in [3.63, 3.8) is 0 Å². The first kappa shape index (κ1) is 8.44. The van der Waals surface area contributed by atoms with Gasteiger partial charge in [0.05, 0.1) is 6.61 Å². The number of rotatable bonds is 3. The van der Waals surface area contributed by atoms with Crippen LogP contribution in [0.1, 0.15) is 0 Å². The van der Waals surface area contributed by atoms with Gasteiger partial charge in [-0.05, 0) is 12.1 Å². The Morgan fingerprint density at radius 1 is 1.38 bits per heavy atom. The second-order valence-corrected chi connectivity index (χ2v) is 2.82. The fraction of sp³-hybridized carbons (Fsp3) is 0.333. The highest BCUT2D eigenvalue weighted by atomic mass is 19.1. The Balaban J connectivity index is 2.07. The lowest BCUT2D eigenvalue weighted by molar-refractivity contribution is 0.243. The molecule has 1 aliphatic rings. The number of ether oxygens (including phenoxy) is 2. The van der Waals surface area contributed by atoms with E-state index < -0.39 is 11.6 Å². The standard InChI is InChI=1S/C9H8F2O2/c10-7-2-1-3-8(11)9(7)13-5-6-4-12-6/h1-3,6H,4-5H2/t6-/m1/s1. The van der Waals surface area contributed by atoms with E-state index in [9.17, 15) is 8.78 Å². The molecule has 0 aliphatic carbocycles. The van der Waals surface area contributed by atoms with E-state index in [0.717, 1.165) is 12.1 Å². The van der Waals surface area contributed by atoms with Crippen molar-refractivity contribution in [3.05, 3.63) is 29.8 Å². The van der Waals surface area contributed by atoms with Crippen LogP contribution in [0.15, 0.2) is 18.2 Å². The molecule has 1 heterocycles. The number of epoxide rings is 1. The van der Waals surface area contributed by atoms with E-state index >= 15 is 0 Å². The van der Waals surface area contributed by atoms with Crippen LogP contribution in [0.3, 0.4) is 0 Å². The predicted molar refractivity (Wildman–Crippen MR) is 41.6 cm³/mol. The first-order valence-electron chi connectivity index (χ1n) is 3.96. The first-order chi connectivity index (χ1) is 6.27. The van der Waals surface area contributed by atoms with Gasteiger partial charge in [0.15, 0.2) is 17.4 Å². The van der Waals surface area contributed by atoms with Crippen LogP contribution < -0.4 is 4.74 Å². The van der Waals surface area contributed by atoms with Crippen molar-refractivity contribution < 1.29 is 18.3 Å². The van der Waals surface area contributed by atoms with Crippen LogP contribution in [0.5, 0.6) is 5.75 Å². The second kappa shape index (κ2) is 3.30. The Morgan fingerprint density at radius 2 is 2.00 bits per heavy atom. The molecule has 2 nitrogen and oxygen atoms in total. The van der Waals surface area contributed by atoms with Crippen molar-refractivity contribution in [1.29, 1.82) is 0 Å². The second-order valence-electron chi connectivity index (χ2n) is 2.82. The van der Waals surface area contributed by atoms with Crippen LogP contribution >= 0.6 is 0 Å². The summed E-state index contributed by atoms with van der Waals surface area (Å²) in [5, 5.41) is 0. The monoisotopic (exact) mass is 186 g/mol. The van der Waals surface area contributed by atoms with E-state index in [0.29, 0.717) is 6.61 Å². The van der Waals surface area contributed by atoms with Gasteiger partial charge >= 0.3 is 0 Å². The molecule has 0 N–H and O–H groups in total. The largest absolute Gasteiger partial charge is 0.485 e. The summed E-state index contributed by atoms with van der Waals surface area (Å²) < 4.78 is 35.6. The van der Waals surface area contributed by atoms with Crippen LogP contribution in [0.2, 0.25) is 0 Å². The van der Waals surface area contributed by atoms with Gasteiger partial charge in [-0.25, -0.2) is 8.78 Å². The summed E-state index contributed by atoms with van der Waals surface area (Å²) in [7, 11) is 0. The lowest BCUT2D eigenvalue weighted by atomic mass is 10.3. The molecule has 0 amide bonds. The molecule has 4 heteroatoms. The quantitative estimate of drug-likeness (QED) is 0.670. The fourth-order valence-electron chi connectivity index (χ4n) is 0.961. The van der Waals surface area contributed by atoms with E-state index in [-0.39, 0.29) is 18.5 Å². The van der Waals surface area contributed by atoms with Crippen molar-refractivity contribution in [2.45, 2.75) is 6.10 Å². The Bertz CT molecular complexity index is 290. The molecule has 0 saturated carbocycles. The predicted octanol–water partition coefficient (Wildman–Crippen LogP) is 1.74. The Kier molecular flexibility index (Phi) is 2.14. The van der Waals surface area contributed by atoms with Crippen molar-refractivity contribution in [1.82, 2.24) is 0 Å². The van der Waals surface area contributed by atoms with Crippen LogP contribution in [-0.4, -0.2) is 19.3 Å². The molecule has 1 aromatic rings. The lowest BCUT2D eigenvalue weighted by Crippen LogP contribution is -2.06. The van der Waals surface area contributed by atoms with Gasteiger partial charge in [0.2, 0.25) is 0 Å². The molecule has 0 radical (unpaired) electrons. The summed E-state index contributed by atoms with van der Waals surface area (Å²) in [6.07, 6.45) is -0.000920. The van der Waals surface area contributed by atoms with Crippen molar-refractivity contribution in [2.75, 3.05) is 13.2 Å². The number of halogens is 2. The van der Waals surface area contributed by atoms with Gasteiger partial charge < -0.3 is 9.47 Å². The third-order valence-electron chi connectivity index (χ3n) is 1.73. The van der Waals surface area contributed by atoms with Gasteiger partial charge in [-0.1, -0.05) is 6.07 Å². The minimum atomic E-state index is -0.680. The molecule has 1 aromatic carbocycles. The van der Waals surface area contributed by atoms with E-state index in [4.69, 9.17) is 9.47 Å². The van der Waals surface area contributed by atoms with E-state index in [1.165, 1.54) is 6.07 Å². The molecule has 1 aliphatic heterocycles. The molecule has 1 atom stereocenters. The van der Waals surface area contributed by atoms with Gasteiger partial charge in [0.1, 0.15) is 12.7 Å². The van der Waals surface area contributed by atoms with E-state index in [1.807, 2.05) is 0 Å². The molecule has 0 unspecified atom stereocenters. The zero-order valence-electron chi connectivity index (χ0n) is 6.80. The molecule has 0 spiro atoms. The molecule has 2 rings (SSSR count). The summed E-state index contributed by atoms with van der Waals surface area (Å²) in [5.74, 6) is -1.68. The Morgan fingerprint density at radius 3 is 2.54 bits per heavy atom. The number of hydrogen-bond acceptors (Lipinski definition) is 2. The molecule has 13 heavy (non-hydrogen) atoms. The zero-order chi connectivity index (χ0) is 9.26. The van der Waals surface area contributed by atoms with E-state index in [2.05, 4.69) is 0 Å². The number of benzene rings is 1. The summed E-state index contributed by atoms with van der Waals surface area (Å²) in [6.45, 7) is 0.813. The fourth-order valence-corrected chi connectivity index (χ4v) is 0.961. The van der Waals surface area contributed by atoms with Gasteiger partial charge in [0.25, 0.3) is 0 Å². The molecular weight excluding hydrogens is 178 g/mol. The van der Waals surface area contributed by atoms with E-state index in [1.54, 1.807) is 0 Å². The topological polar surface area (TPSA) is 21.8 Å². The average molecular weight is 186 g/mol. The maximum absolute atomic E-state index is 12.9. The molecule has 70 valence electrons. The maximum Gasteiger partial charge on any atom is 0.190 e. The smallest absolute Gasteiger partial charge is 0.190 e.